The van der Waals surface area contributed by atoms with Crippen LogP contribution in [0.25, 0.3) is 0 Å². The van der Waals surface area contributed by atoms with Gasteiger partial charge in [0.25, 0.3) is 0 Å². The molecule has 0 radical (unpaired) electrons. The largest absolute Gasteiger partial charge is 0.481 e. The maximum atomic E-state index is 11.3. The summed E-state index contributed by atoms with van der Waals surface area (Å²) in [5.74, 6) is -1.77. The van der Waals surface area contributed by atoms with Gasteiger partial charge >= 0.3 is 5.97 Å². The van der Waals surface area contributed by atoms with E-state index in [0.717, 1.165) is 0 Å². The fourth-order valence-corrected chi connectivity index (χ4v) is 0.950. The maximum absolute atomic E-state index is 11.3. The summed E-state index contributed by atoms with van der Waals surface area (Å²) in [6.45, 7) is 5.36. The lowest BCUT2D eigenvalue weighted by Gasteiger charge is -2.20. The number of rotatable bonds is 5. The van der Waals surface area contributed by atoms with Crippen LogP contribution in [0.4, 0.5) is 0 Å². The van der Waals surface area contributed by atoms with Crippen molar-refractivity contribution in [3.05, 3.63) is 0 Å². The molecule has 0 atom stereocenters. The van der Waals surface area contributed by atoms with E-state index in [1.165, 1.54) is 0 Å². The highest BCUT2D eigenvalue weighted by atomic mass is 16.4. The molecule has 0 unspecified atom stereocenters. The van der Waals surface area contributed by atoms with Crippen molar-refractivity contribution in [2.24, 2.45) is 0 Å². The standard InChI is InChI=1S/C10H18N2O4/c1-10(2,3)12-8(14)6-11-7(13)4-5-9(15)16/h4-6H2,1-3H3,(H,11,13)(H,12,14)(H,15,16). The number of carboxylic acids is 1. The molecule has 0 aliphatic rings. The highest BCUT2D eigenvalue weighted by molar-refractivity contribution is 5.86. The molecule has 0 heterocycles. The zero-order valence-corrected chi connectivity index (χ0v) is 9.79. The summed E-state index contributed by atoms with van der Waals surface area (Å²) in [5, 5.41) is 13.3. The minimum absolute atomic E-state index is 0.113. The summed E-state index contributed by atoms with van der Waals surface area (Å²) in [4.78, 5) is 32.5. The summed E-state index contributed by atoms with van der Waals surface area (Å²) < 4.78 is 0. The fraction of sp³-hybridized carbons (Fsp3) is 0.700. The van der Waals surface area contributed by atoms with Crippen LogP contribution >= 0.6 is 0 Å². The molecule has 92 valence electrons. The van der Waals surface area contributed by atoms with Gasteiger partial charge in [0.05, 0.1) is 13.0 Å². The Morgan fingerprint density at radius 3 is 2.06 bits per heavy atom. The van der Waals surface area contributed by atoms with Gasteiger partial charge in [0, 0.05) is 12.0 Å². The van der Waals surface area contributed by atoms with Crippen molar-refractivity contribution in [1.82, 2.24) is 10.6 Å². The average Bonchev–Trinajstić information content (AvgIpc) is 2.08. The Balaban J connectivity index is 3.76. The zero-order valence-electron chi connectivity index (χ0n) is 9.79. The average molecular weight is 230 g/mol. The molecule has 2 amide bonds. The minimum Gasteiger partial charge on any atom is -0.481 e. The van der Waals surface area contributed by atoms with Gasteiger partial charge in [0.2, 0.25) is 11.8 Å². The first-order valence-electron chi connectivity index (χ1n) is 5.00. The lowest BCUT2D eigenvalue weighted by Crippen LogP contribution is -2.45. The van der Waals surface area contributed by atoms with Gasteiger partial charge in [0.15, 0.2) is 0 Å². The first-order chi connectivity index (χ1) is 7.20. The van der Waals surface area contributed by atoms with Crippen LogP contribution in [0.3, 0.4) is 0 Å². The molecular formula is C10H18N2O4. The summed E-state index contributed by atoms with van der Waals surface area (Å²) in [7, 11) is 0. The number of nitrogens with one attached hydrogen (secondary N) is 2. The third-order valence-corrected chi connectivity index (χ3v) is 1.53. The molecule has 6 heteroatoms. The molecule has 0 spiro atoms. The second-order valence-corrected chi connectivity index (χ2v) is 4.47. The Labute approximate surface area is 94.4 Å². The number of aliphatic carboxylic acids is 1. The van der Waals surface area contributed by atoms with Gasteiger partial charge in [-0.15, -0.1) is 0 Å². The van der Waals surface area contributed by atoms with Crippen LogP contribution in [-0.2, 0) is 14.4 Å². The molecule has 0 saturated carbocycles. The van der Waals surface area contributed by atoms with E-state index in [1.807, 2.05) is 20.8 Å². The topological polar surface area (TPSA) is 95.5 Å². The minimum atomic E-state index is -1.03. The van der Waals surface area contributed by atoms with Crippen molar-refractivity contribution >= 4 is 17.8 Å². The van der Waals surface area contributed by atoms with E-state index < -0.39 is 11.9 Å². The first-order valence-corrected chi connectivity index (χ1v) is 5.00. The zero-order chi connectivity index (χ0) is 12.8. The van der Waals surface area contributed by atoms with Gasteiger partial charge in [-0.3, -0.25) is 14.4 Å². The Morgan fingerprint density at radius 2 is 1.62 bits per heavy atom. The number of amides is 2. The van der Waals surface area contributed by atoms with Gasteiger partial charge in [-0.05, 0) is 20.8 Å². The van der Waals surface area contributed by atoms with Crippen LogP contribution < -0.4 is 10.6 Å². The second-order valence-electron chi connectivity index (χ2n) is 4.47. The lowest BCUT2D eigenvalue weighted by atomic mass is 10.1. The molecule has 3 N–H and O–H groups in total. The van der Waals surface area contributed by atoms with E-state index in [-0.39, 0.29) is 30.8 Å². The van der Waals surface area contributed by atoms with Gasteiger partial charge in [-0.1, -0.05) is 0 Å². The van der Waals surface area contributed by atoms with Gasteiger partial charge in [-0.2, -0.15) is 0 Å². The third-order valence-electron chi connectivity index (χ3n) is 1.53. The summed E-state index contributed by atoms with van der Waals surface area (Å²) in [6.07, 6.45) is -0.342. The number of carboxylic acid groups (broad SMARTS) is 1. The summed E-state index contributed by atoms with van der Waals surface area (Å²) in [5.41, 5.74) is -0.344. The molecule has 0 aliphatic carbocycles. The third kappa shape index (κ3) is 8.98. The molecule has 0 aromatic rings. The number of carbonyl (C=O) groups excluding carboxylic acids is 2. The molecule has 6 nitrogen and oxygen atoms in total. The van der Waals surface area contributed by atoms with E-state index in [9.17, 15) is 14.4 Å². The van der Waals surface area contributed by atoms with E-state index in [4.69, 9.17) is 5.11 Å². The smallest absolute Gasteiger partial charge is 0.303 e. The second kappa shape index (κ2) is 6.09. The van der Waals surface area contributed by atoms with Crippen molar-refractivity contribution in [3.63, 3.8) is 0 Å². The predicted octanol–water partition coefficient (Wildman–Crippen LogP) is -0.118. The molecule has 0 aliphatic heterocycles. The van der Waals surface area contributed by atoms with E-state index in [1.54, 1.807) is 0 Å². The fourth-order valence-electron chi connectivity index (χ4n) is 0.950. The Kier molecular flexibility index (Phi) is 5.49. The number of hydrogen-bond acceptors (Lipinski definition) is 3. The molecular weight excluding hydrogens is 212 g/mol. The van der Waals surface area contributed by atoms with Crippen LogP contribution in [0, 0.1) is 0 Å². The van der Waals surface area contributed by atoms with Gasteiger partial charge in [-0.25, -0.2) is 0 Å². The van der Waals surface area contributed by atoms with Crippen molar-refractivity contribution in [2.45, 2.75) is 39.2 Å². The van der Waals surface area contributed by atoms with Gasteiger partial charge in [0.1, 0.15) is 0 Å². The molecule has 0 saturated heterocycles. The van der Waals surface area contributed by atoms with Crippen LogP contribution in [0.2, 0.25) is 0 Å². The van der Waals surface area contributed by atoms with Crippen LogP contribution in [-0.4, -0.2) is 35.0 Å². The van der Waals surface area contributed by atoms with E-state index in [0.29, 0.717) is 0 Å². The number of carbonyl (C=O) groups is 3. The van der Waals surface area contributed by atoms with Crippen molar-refractivity contribution in [3.8, 4) is 0 Å². The Bertz CT molecular complexity index is 281. The number of hydrogen-bond donors (Lipinski definition) is 3. The highest BCUT2D eigenvalue weighted by Crippen LogP contribution is 1.97. The lowest BCUT2D eigenvalue weighted by molar-refractivity contribution is -0.138. The van der Waals surface area contributed by atoms with Crippen molar-refractivity contribution in [1.29, 1.82) is 0 Å². The van der Waals surface area contributed by atoms with Crippen LogP contribution in [0.1, 0.15) is 33.6 Å². The van der Waals surface area contributed by atoms with Crippen LogP contribution in [0.15, 0.2) is 0 Å². The monoisotopic (exact) mass is 230 g/mol. The van der Waals surface area contributed by atoms with E-state index >= 15 is 0 Å². The summed E-state index contributed by atoms with van der Waals surface area (Å²) >= 11 is 0. The molecule has 0 fully saturated rings. The molecule has 0 rings (SSSR count). The van der Waals surface area contributed by atoms with Gasteiger partial charge < -0.3 is 15.7 Å². The Morgan fingerprint density at radius 1 is 1.06 bits per heavy atom. The molecule has 16 heavy (non-hydrogen) atoms. The van der Waals surface area contributed by atoms with Crippen molar-refractivity contribution < 1.29 is 19.5 Å². The Hall–Kier alpha value is -1.59. The highest BCUT2D eigenvalue weighted by Gasteiger charge is 2.14. The quantitative estimate of drug-likeness (QED) is 0.613. The normalized spacial score (nSPS) is 10.7. The first kappa shape index (κ1) is 14.4. The van der Waals surface area contributed by atoms with Crippen molar-refractivity contribution in [2.75, 3.05) is 6.54 Å². The SMILES string of the molecule is CC(C)(C)NC(=O)CNC(=O)CCC(=O)O. The van der Waals surface area contributed by atoms with E-state index in [2.05, 4.69) is 10.6 Å². The molecule has 0 aromatic heterocycles. The maximum Gasteiger partial charge on any atom is 0.303 e. The molecule has 0 aromatic carbocycles. The molecule has 0 bridgehead atoms. The van der Waals surface area contributed by atoms with Crippen LogP contribution in [0.5, 0.6) is 0 Å². The summed E-state index contributed by atoms with van der Waals surface area (Å²) in [6, 6.07) is 0. The predicted molar refractivity (Wildman–Crippen MR) is 57.8 cm³/mol.